The van der Waals surface area contributed by atoms with Gasteiger partial charge in [0.15, 0.2) is 0 Å². The number of nitrogens with zero attached hydrogens (tertiary/aromatic N) is 7. The Hall–Kier alpha value is -3.56. The number of carbonyl (C=O) groups excluding carboxylic acids is 2. The molecule has 4 rings (SSSR count). The zero-order chi connectivity index (χ0) is 27.0. The van der Waals surface area contributed by atoms with Gasteiger partial charge in [-0.1, -0.05) is 0 Å². The third-order valence-electron chi connectivity index (χ3n) is 6.10. The lowest BCUT2D eigenvalue weighted by Gasteiger charge is -2.46. The summed E-state index contributed by atoms with van der Waals surface area (Å²) in [6.07, 6.45) is -2.50. The Morgan fingerprint density at radius 1 is 1.11 bits per heavy atom. The van der Waals surface area contributed by atoms with E-state index in [0.29, 0.717) is 31.7 Å². The van der Waals surface area contributed by atoms with Crippen LogP contribution < -0.4 is 4.90 Å². The molecule has 2 aromatic heterocycles. The highest BCUT2D eigenvalue weighted by Crippen LogP contribution is 2.34. The molecule has 4 heterocycles. The first-order valence-corrected chi connectivity index (χ1v) is 10.6. The molecule has 2 fully saturated rings. The number of amides is 2. The maximum absolute atomic E-state index is 13.3. The van der Waals surface area contributed by atoms with Gasteiger partial charge in [0.05, 0.1) is 29.5 Å². The van der Waals surface area contributed by atoms with Crippen LogP contribution in [0.4, 0.5) is 27.6 Å². The summed E-state index contributed by atoms with van der Waals surface area (Å²) in [5, 5.41) is 15.0. The number of piperazine rings is 1. The van der Waals surface area contributed by atoms with Crippen LogP contribution in [0.15, 0.2) is 18.6 Å². The zero-order valence-electron chi connectivity index (χ0n) is 19.5. The van der Waals surface area contributed by atoms with Crippen molar-refractivity contribution in [2.75, 3.05) is 38.1 Å². The molecule has 0 radical (unpaired) electrons. The molecular formula is C20H24F5N7O4. The van der Waals surface area contributed by atoms with Crippen molar-refractivity contribution in [1.29, 1.82) is 0 Å². The molecule has 0 bridgehead atoms. The average Bonchev–Trinajstić information content (AvgIpc) is 3.49. The molecule has 0 saturated carbocycles. The van der Waals surface area contributed by atoms with Crippen LogP contribution in [-0.2, 0) is 23.7 Å². The molecule has 2 aromatic rings. The number of rotatable bonds is 3. The van der Waals surface area contributed by atoms with Gasteiger partial charge in [-0.3, -0.25) is 23.9 Å². The van der Waals surface area contributed by atoms with Crippen molar-refractivity contribution in [2.24, 2.45) is 14.1 Å². The highest BCUT2D eigenvalue weighted by atomic mass is 19.4. The number of hydrogen-bond donors (Lipinski definition) is 1. The average molecular weight is 521 g/mol. The summed E-state index contributed by atoms with van der Waals surface area (Å²) < 4.78 is 61.2. The van der Waals surface area contributed by atoms with Crippen molar-refractivity contribution < 1.29 is 41.4 Å². The Morgan fingerprint density at radius 2 is 1.75 bits per heavy atom. The van der Waals surface area contributed by atoms with E-state index in [-0.39, 0.29) is 18.0 Å². The van der Waals surface area contributed by atoms with E-state index in [2.05, 4.69) is 10.2 Å². The summed E-state index contributed by atoms with van der Waals surface area (Å²) in [5.41, 5.74) is -0.296. The molecule has 11 nitrogen and oxygen atoms in total. The molecule has 1 spiro atoms. The topological polar surface area (TPSA) is 117 Å². The number of hydrogen-bond acceptors (Lipinski definition) is 6. The molecule has 2 amide bonds. The van der Waals surface area contributed by atoms with Crippen molar-refractivity contribution in [2.45, 2.75) is 24.6 Å². The van der Waals surface area contributed by atoms with Gasteiger partial charge in [-0.15, -0.1) is 0 Å². The first-order chi connectivity index (χ1) is 16.6. The number of carbonyl (C=O) groups is 3. The number of anilines is 1. The fourth-order valence-corrected chi connectivity index (χ4v) is 4.21. The van der Waals surface area contributed by atoms with Crippen LogP contribution in [0.3, 0.4) is 0 Å². The quantitative estimate of drug-likeness (QED) is 0.605. The summed E-state index contributed by atoms with van der Waals surface area (Å²) in [4.78, 5) is 39.7. The summed E-state index contributed by atoms with van der Waals surface area (Å²) in [6, 6.07) is 0. The molecule has 198 valence electrons. The number of carboxylic acid groups (broad SMARTS) is 1. The van der Waals surface area contributed by atoms with Gasteiger partial charge in [-0.25, -0.2) is 13.6 Å². The van der Waals surface area contributed by atoms with Crippen molar-refractivity contribution in [3.63, 3.8) is 0 Å². The lowest BCUT2D eigenvalue weighted by molar-refractivity contribution is -0.192. The van der Waals surface area contributed by atoms with Gasteiger partial charge in [0.25, 0.3) is 12.3 Å². The van der Waals surface area contributed by atoms with E-state index < -0.39 is 35.7 Å². The summed E-state index contributed by atoms with van der Waals surface area (Å²) in [7, 11) is 5.16. The first-order valence-electron chi connectivity index (χ1n) is 10.6. The van der Waals surface area contributed by atoms with Crippen LogP contribution in [-0.4, -0.2) is 97.2 Å². The number of aryl methyl sites for hydroxylation is 2. The molecular weight excluding hydrogens is 497 g/mol. The van der Waals surface area contributed by atoms with Gasteiger partial charge >= 0.3 is 12.1 Å². The van der Waals surface area contributed by atoms with Crippen molar-refractivity contribution >= 4 is 23.5 Å². The van der Waals surface area contributed by atoms with Crippen LogP contribution in [0.2, 0.25) is 0 Å². The van der Waals surface area contributed by atoms with E-state index in [9.17, 15) is 31.5 Å². The monoisotopic (exact) mass is 521 g/mol. The van der Waals surface area contributed by atoms with Gasteiger partial charge < -0.3 is 14.9 Å². The summed E-state index contributed by atoms with van der Waals surface area (Å²) in [6.45, 7) is 1.40. The Labute approximate surface area is 201 Å². The second-order valence-corrected chi connectivity index (χ2v) is 8.61. The van der Waals surface area contributed by atoms with Crippen LogP contribution in [0.5, 0.6) is 0 Å². The van der Waals surface area contributed by atoms with E-state index in [4.69, 9.17) is 9.90 Å². The molecule has 36 heavy (non-hydrogen) atoms. The standard InChI is InChI=1S/C18H23F2N7O2.C2HF3O2/c1-23-9-14(28)27(12-6-21-24(2)7-12)11-18(23)4-5-26(10-18)17(29)13-8-25(3)22-15(13)16(19)20;3-2(4,5)1(6)7/h6-8,16H,4-5,9-11H2,1-3H3;(H,6,7). The Bertz CT molecular complexity index is 1150. The fraction of sp³-hybridized carbons (Fsp3) is 0.550. The highest BCUT2D eigenvalue weighted by Gasteiger charge is 2.49. The molecule has 0 aromatic carbocycles. The normalized spacial score (nSPS) is 20.8. The maximum atomic E-state index is 13.3. The number of alkyl halides is 5. The molecule has 16 heteroatoms. The number of likely N-dealkylation sites (tertiary alicyclic amines) is 1. The number of halogens is 5. The smallest absolute Gasteiger partial charge is 0.475 e. The van der Waals surface area contributed by atoms with Crippen LogP contribution in [0.25, 0.3) is 0 Å². The van der Waals surface area contributed by atoms with E-state index >= 15 is 0 Å². The van der Waals surface area contributed by atoms with Gasteiger partial charge in [-0.2, -0.15) is 23.4 Å². The summed E-state index contributed by atoms with van der Waals surface area (Å²) in [5.74, 6) is -3.25. The maximum Gasteiger partial charge on any atom is 0.490 e. The van der Waals surface area contributed by atoms with Crippen LogP contribution in [0, 0.1) is 0 Å². The molecule has 0 aliphatic carbocycles. The number of aliphatic carboxylic acids is 1. The molecule has 2 aliphatic rings. The predicted octanol–water partition coefficient (Wildman–Crippen LogP) is 1.29. The van der Waals surface area contributed by atoms with Gasteiger partial charge in [0.1, 0.15) is 5.69 Å². The fourth-order valence-electron chi connectivity index (χ4n) is 4.21. The molecule has 2 aliphatic heterocycles. The molecule has 1 atom stereocenters. The molecule has 2 saturated heterocycles. The zero-order valence-corrected chi connectivity index (χ0v) is 19.5. The van der Waals surface area contributed by atoms with E-state index in [0.717, 1.165) is 0 Å². The lowest BCUT2D eigenvalue weighted by Crippen LogP contribution is -2.64. The van der Waals surface area contributed by atoms with Crippen molar-refractivity contribution in [3.8, 4) is 0 Å². The predicted molar refractivity (Wildman–Crippen MR) is 113 cm³/mol. The van der Waals surface area contributed by atoms with Crippen LogP contribution in [0.1, 0.15) is 28.9 Å². The summed E-state index contributed by atoms with van der Waals surface area (Å²) >= 11 is 0. The minimum absolute atomic E-state index is 0.0388. The third kappa shape index (κ3) is 5.47. The van der Waals surface area contributed by atoms with Gasteiger partial charge in [0.2, 0.25) is 5.91 Å². The van der Waals surface area contributed by atoms with Crippen molar-refractivity contribution in [3.05, 3.63) is 29.8 Å². The minimum Gasteiger partial charge on any atom is -0.475 e. The number of likely N-dealkylation sites (N-methyl/N-ethyl adjacent to an activating group) is 1. The van der Waals surface area contributed by atoms with E-state index in [1.807, 2.05) is 11.9 Å². The second-order valence-electron chi connectivity index (χ2n) is 8.61. The Balaban J connectivity index is 0.000000454. The SMILES string of the molecule is CN1CC(=O)N(c2cnn(C)c2)CC12CCN(C(=O)c1cn(C)nc1C(F)F)C2.O=C(O)C(F)(F)F. The van der Waals surface area contributed by atoms with E-state index in [1.54, 1.807) is 33.9 Å². The number of carboxylic acids is 1. The highest BCUT2D eigenvalue weighted by molar-refractivity contribution is 5.97. The lowest BCUT2D eigenvalue weighted by atomic mass is 9.93. The van der Waals surface area contributed by atoms with Crippen LogP contribution >= 0.6 is 0 Å². The molecule has 1 unspecified atom stereocenters. The first kappa shape index (κ1) is 27.0. The third-order valence-corrected chi connectivity index (χ3v) is 6.10. The van der Waals surface area contributed by atoms with Gasteiger partial charge in [0, 0.05) is 46.1 Å². The number of aromatic nitrogens is 4. The molecule has 1 N–H and O–H groups in total. The second kappa shape index (κ2) is 9.83. The van der Waals surface area contributed by atoms with Gasteiger partial charge in [-0.05, 0) is 13.5 Å². The Kier molecular flexibility index (Phi) is 7.38. The largest absolute Gasteiger partial charge is 0.490 e. The van der Waals surface area contributed by atoms with E-state index in [1.165, 1.54) is 17.9 Å². The van der Waals surface area contributed by atoms with Crippen molar-refractivity contribution in [1.82, 2.24) is 29.4 Å². The minimum atomic E-state index is -5.08. The Morgan fingerprint density at radius 3 is 2.28 bits per heavy atom.